The predicted molar refractivity (Wildman–Crippen MR) is 75.6 cm³/mol. The van der Waals surface area contributed by atoms with E-state index in [2.05, 4.69) is 10.3 Å². The van der Waals surface area contributed by atoms with Crippen LogP contribution in [-0.2, 0) is 12.7 Å². The zero-order chi connectivity index (χ0) is 15.6. The van der Waals surface area contributed by atoms with Gasteiger partial charge in [0.05, 0.1) is 28.4 Å². The van der Waals surface area contributed by atoms with Crippen LogP contribution in [0.4, 0.5) is 18.9 Å². The van der Waals surface area contributed by atoms with Crippen molar-refractivity contribution in [3.05, 3.63) is 43.8 Å². The first-order chi connectivity index (χ1) is 9.81. The van der Waals surface area contributed by atoms with Crippen molar-refractivity contribution in [1.29, 1.82) is 5.26 Å². The summed E-state index contributed by atoms with van der Waals surface area (Å²) in [4.78, 5) is 4.60. The quantitative estimate of drug-likeness (QED) is 0.850. The van der Waals surface area contributed by atoms with E-state index < -0.39 is 11.7 Å². The molecule has 0 unspecified atom stereocenters. The van der Waals surface area contributed by atoms with Crippen molar-refractivity contribution < 1.29 is 13.2 Å². The molecule has 1 N–H and O–H groups in total. The van der Waals surface area contributed by atoms with Crippen molar-refractivity contribution in [2.75, 3.05) is 5.32 Å². The van der Waals surface area contributed by atoms with Gasteiger partial charge < -0.3 is 5.32 Å². The van der Waals surface area contributed by atoms with E-state index in [1.165, 1.54) is 17.5 Å². The highest BCUT2D eigenvalue weighted by Gasteiger charge is 2.32. The molecule has 0 aliphatic heterocycles. The minimum Gasteiger partial charge on any atom is -0.378 e. The number of nitrogens with zero attached hydrogens (tertiary/aromatic N) is 2. The zero-order valence-corrected chi connectivity index (χ0v) is 12.5. The lowest BCUT2D eigenvalue weighted by Crippen LogP contribution is -2.08. The highest BCUT2D eigenvalue weighted by molar-refractivity contribution is 7.15. The van der Waals surface area contributed by atoms with Crippen molar-refractivity contribution in [2.24, 2.45) is 0 Å². The number of halogens is 5. The van der Waals surface area contributed by atoms with Crippen LogP contribution in [0.25, 0.3) is 0 Å². The summed E-state index contributed by atoms with van der Waals surface area (Å²) < 4.78 is 38.3. The van der Waals surface area contributed by atoms with Crippen LogP contribution in [0, 0.1) is 11.3 Å². The molecule has 0 fully saturated rings. The van der Waals surface area contributed by atoms with Gasteiger partial charge in [-0.3, -0.25) is 0 Å². The maximum absolute atomic E-state index is 12.7. The third-order valence-electron chi connectivity index (χ3n) is 2.50. The predicted octanol–water partition coefficient (Wildman–Crippen LogP) is 4.95. The molecule has 110 valence electrons. The van der Waals surface area contributed by atoms with Crippen LogP contribution in [0.2, 0.25) is 9.49 Å². The molecule has 1 aromatic carbocycles. The fourth-order valence-electron chi connectivity index (χ4n) is 1.58. The van der Waals surface area contributed by atoms with E-state index in [1.54, 1.807) is 6.07 Å². The summed E-state index contributed by atoms with van der Waals surface area (Å²) in [6.07, 6.45) is -3.02. The number of nitriles is 1. The first-order valence-electron chi connectivity index (χ1n) is 5.46. The molecule has 0 saturated carbocycles. The summed E-state index contributed by atoms with van der Waals surface area (Å²) in [5.41, 5.74) is -0.988. The molecule has 0 aliphatic rings. The summed E-state index contributed by atoms with van der Waals surface area (Å²) in [6.45, 7) is 0.254. The van der Waals surface area contributed by atoms with Crippen LogP contribution in [0.3, 0.4) is 0 Å². The van der Waals surface area contributed by atoms with E-state index in [1.807, 2.05) is 0 Å². The summed E-state index contributed by atoms with van der Waals surface area (Å²) >= 11 is 12.7. The number of benzene rings is 1. The van der Waals surface area contributed by atoms with E-state index in [9.17, 15) is 13.2 Å². The van der Waals surface area contributed by atoms with Gasteiger partial charge in [-0.25, -0.2) is 4.98 Å². The minimum absolute atomic E-state index is 0.150. The number of thiazole rings is 1. The van der Waals surface area contributed by atoms with Crippen LogP contribution in [-0.4, -0.2) is 4.98 Å². The van der Waals surface area contributed by atoms with Crippen LogP contribution in [0.15, 0.2) is 18.3 Å². The second-order valence-electron chi connectivity index (χ2n) is 3.92. The highest BCUT2D eigenvalue weighted by Crippen LogP contribution is 2.36. The van der Waals surface area contributed by atoms with E-state index in [4.69, 9.17) is 28.5 Å². The van der Waals surface area contributed by atoms with Gasteiger partial charge in [-0.05, 0) is 12.1 Å². The molecule has 0 aliphatic carbocycles. The number of nitrogens with one attached hydrogen (secondary N) is 1. The Morgan fingerprint density at radius 3 is 2.57 bits per heavy atom. The van der Waals surface area contributed by atoms with Crippen molar-refractivity contribution in [3.63, 3.8) is 0 Å². The third-order valence-corrected chi connectivity index (χ3v) is 3.92. The Bertz CT molecular complexity index is 707. The summed E-state index contributed by atoms with van der Waals surface area (Å²) in [6, 6.07) is 3.25. The average molecular weight is 352 g/mol. The Morgan fingerprint density at radius 2 is 2.05 bits per heavy atom. The van der Waals surface area contributed by atoms with E-state index in [0.717, 1.165) is 17.0 Å². The minimum atomic E-state index is -4.56. The maximum atomic E-state index is 12.7. The number of hydrogen-bond acceptors (Lipinski definition) is 4. The maximum Gasteiger partial charge on any atom is 0.416 e. The van der Waals surface area contributed by atoms with E-state index in [-0.39, 0.29) is 22.8 Å². The summed E-state index contributed by atoms with van der Waals surface area (Å²) in [7, 11) is 0. The molecule has 1 aromatic heterocycles. The van der Waals surface area contributed by atoms with Gasteiger partial charge in [0, 0.05) is 11.1 Å². The highest BCUT2D eigenvalue weighted by atomic mass is 35.5. The van der Waals surface area contributed by atoms with E-state index >= 15 is 0 Å². The van der Waals surface area contributed by atoms with Gasteiger partial charge in [-0.1, -0.05) is 23.2 Å². The Labute approximate surface area is 131 Å². The SMILES string of the molecule is N#Cc1cc(C(F)(F)F)cc(Cl)c1NCc1cnc(Cl)s1. The normalized spacial score (nSPS) is 11.2. The van der Waals surface area contributed by atoms with Gasteiger partial charge in [-0.15, -0.1) is 11.3 Å². The van der Waals surface area contributed by atoms with Gasteiger partial charge in [0.1, 0.15) is 6.07 Å². The lowest BCUT2D eigenvalue weighted by molar-refractivity contribution is -0.137. The molecule has 0 spiro atoms. The smallest absolute Gasteiger partial charge is 0.378 e. The Balaban J connectivity index is 2.29. The van der Waals surface area contributed by atoms with Crippen LogP contribution in [0.1, 0.15) is 16.0 Å². The molecule has 0 bridgehead atoms. The monoisotopic (exact) mass is 351 g/mol. The van der Waals surface area contributed by atoms with Crippen LogP contribution in [0.5, 0.6) is 0 Å². The van der Waals surface area contributed by atoms with Crippen molar-refractivity contribution >= 4 is 40.2 Å². The fourth-order valence-corrected chi connectivity index (χ4v) is 2.78. The molecular weight excluding hydrogens is 346 g/mol. The average Bonchev–Trinajstić information content (AvgIpc) is 2.81. The second-order valence-corrected chi connectivity index (χ2v) is 6.03. The topological polar surface area (TPSA) is 48.7 Å². The van der Waals surface area contributed by atoms with Gasteiger partial charge in [-0.2, -0.15) is 18.4 Å². The largest absolute Gasteiger partial charge is 0.416 e. The Morgan fingerprint density at radius 1 is 1.33 bits per heavy atom. The Kier molecular flexibility index (Phi) is 4.61. The molecule has 21 heavy (non-hydrogen) atoms. The first kappa shape index (κ1) is 15.9. The number of hydrogen-bond donors (Lipinski definition) is 1. The van der Waals surface area contributed by atoms with Crippen molar-refractivity contribution in [1.82, 2.24) is 4.98 Å². The van der Waals surface area contributed by atoms with Crippen molar-refractivity contribution in [2.45, 2.75) is 12.7 Å². The first-order valence-corrected chi connectivity index (χ1v) is 7.03. The molecule has 0 radical (unpaired) electrons. The van der Waals surface area contributed by atoms with Gasteiger partial charge in [0.15, 0.2) is 4.47 Å². The van der Waals surface area contributed by atoms with Gasteiger partial charge in [0.25, 0.3) is 0 Å². The molecule has 0 saturated heterocycles. The molecule has 2 rings (SSSR count). The number of aromatic nitrogens is 1. The molecule has 0 atom stereocenters. The zero-order valence-electron chi connectivity index (χ0n) is 10.1. The molecular formula is C12H6Cl2F3N3S. The molecule has 2 aromatic rings. The number of rotatable bonds is 3. The summed E-state index contributed by atoms with van der Waals surface area (Å²) in [5.74, 6) is 0. The molecule has 1 heterocycles. The number of anilines is 1. The summed E-state index contributed by atoms with van der Waals surface area (Å²) in [5, 5.41) is 11.6. The fraction of sp³-hybridized carbons (Fsp3) is 0.167. The third kappa shape index (κ3) is 3.79. The number of alkyl halides is 3. The van der Waals surface area contributed by atoms with Gasteiger partial charge in [0.2, 0.25) is 0 Å². The van der Waals surface area contributed by atoms with Crippen LogP contribution >= 0.6 is 34.5 Å². The second kappa shape index (κ2) is 6.10. The Hall–Kier alpha value is -1.49. The standard InChI is InChI=1S/C12H6Cl2F3N3S/c13-9-2-7(12(15,16)17)1-6(3-18)10(9)19-4-8-5-20-11(14)21-8/h1-2,5,19H,4H2. The van der Waals surface area contributed by atoms with Crippen LogP contribution < -0.4 is 5.32 Å². The van der Waals surface area contributed by atoms with E-state index in [0.29, 0.717) is 4.47 Å². The lowest BCUT2D eigenvalue weighted by atomic mass is 10.1. The lowest BCUT2D eigenvalue weighted by Gasteiger charge is -2.13. The molecule has 3 nitrogen and oxygen atoms in total. The van der Waals surface area contributed by atoms with Crippen molar-refractivity contribution in [3.8, 4) is 6.07 Å². The molecule has 9 heteroatoms. The van der Waals surface area contributed by atoms with Gasteiger partial charge >= 0.3 is 6.18 Å². The molecule has 0 amide bonds.